The van der Waals surface area contributed by atoms with Gasteiger partial charge in [-0.25, -0.2) is 4.98 Å². The highest BCUT2D eigenvalue weighted by atomic mass is 35.5. The molecule has 1 heterocycles. The number of carbonyl (C=O) groups excluding carboxylic acids is 1. The molecule has 2 aromatic rings. The fraction of sp³-hybridized carbons (Fsp3) is 0.375. The van der Waals surface area contributed by atoms with Gasteiger partial charge < -0.3 is 10.0 Å². The average molecular weight is 339 g/mol. The summed E-state index contributed by atoms with van der Waals surface area (Å²) in [5, 5.41) is 12.7. The maximum atomic E-state index is 12.6. The van der Waals surface area contributed by atoms with Crippen LogP contribution in [0.5, 0.6) is 0 Å². The van der Waals surface area contributed by atoms with Crippen molar-refractivity contribution in [2.24, 2.45) is 0 Å². The second-order valence-electron chi connectivity index (χ2n) is 5.45. The Hall–Kier alpha value is -1.43. The van der Waals surface area contributed by atoms with E-state index in [9.17, 15) is 9.90 Å². The molecule has 118 valence electrons. The molecule has 22 heavy (non-hydrogen) atoms. The van der Waals surface area contributed by atoms with Gasteiger partial charge in [-0.3, -0.25) is 4.79 Å². The van der Waals surface area contributed by atoms with Crippen LogP contribution in [0, 0.1) is 0 Å². The second-order valence-corrected chi connectivity index (χ2v) is 6.74. The number of aliphatic hydroxyl groups is 1. The Balaban J connectivity index is 2.24. The number of amides is 1. The smallest absolute Gasteiger partial charge is 0.273 e. The Labute approximate surface area is 139 Å². The zero-order valence-electron chi connectivity index (χ0n) is 12.8. The predicted octanol–water partition coefficient (Wildman–Crippen LogP) is 3.69. The first-order chi connectivity index (χ1) is 10.4. The van der Waals surface area contributed by atoms with Gasteiger partial charge in [0.1, 0.15) is 10.7 Å². The van der Waals surface area contributed by atoms with E-state index in [-0.39, 0.29) is 11.9 Å². The van der Waals surface area contributed by atoms with Crippen LogP contribution in [0.15, 0.2) is 29.6 Å². The van der Waals surface area contributed by atoms with E-state index < -0.39 is 6.10 Å². The van der Waals surface area contributed by atoms with Gasteiger partial charge in [-0.2, -0.15) is 0 Å². The van der Waals surface area contributed by atoms with Crippen LogP contribution in [0.3, 0.4) is 0 Å². The summed E-state index contributed by atoms with van der Waals surface area (Å²) >= 11 is 7.40. The minimum absolute atomic E-state index is 0.00146. The molecule has 0 aliphatic carbocycles. The summed E-state index contributed by atoms with van der Waals surface area (Å²) in [6, 6.07) is 7.39. The Morgan fingerprint density at radius 1 is 1.41 bits per heavy atom. The van der Waals surface area contributed by atoms with Crippen LogP contribution < -0.4 is 0 Å². The SMILES string of the molecule is CC(O)CN(C(=O)c1csc(-c2cccc(Cl)c2)n1)C(C)C. The Bertz CT molecular complexity index is 655. The monoisotopic (exact) mass is 338 g/mol. The molecule has 1 aromatic heterocycles. The minimum Gasteiger partial charge on any atom is -0.392 e. The number of rotatable bonds is 5. The molecule has 1 atom stereocenters. The standard InChI is InChI=1S/C16H19ClN2O2S/c1-10(2)19(8-11(3)20)16(21)14-9-22-15(18-14)12-5-4-6-13(17)7-12/h4-7,9-11,20H,8H2,1-3H3. The molecule has 1 N–H and O–H groups in total. The quantitative estimate of drug-likeness (QED) is 0.904. The summed E-state index contributed by atoms with van der Waals surface area (Å²) in [4.78, 5) is 18.6. The molecule has 0 radical (unpaired) electrons. The van der Waals surface area contributed by atoms with Gasteiger partial charge in [0.15, 0.2) is 0 Å². The van der Waals surface area contributed by atoms with Crippen molar-refractivity contribution < 1.29 is 9.90 Å². The Kier molecular flexibility index (Phi) is 5.56. The second kappa shape index (κ2) is 7.22. The third kappa shape index (κ3) is 4.06. The fourth-order valence-electron chi connectivity index (χ4n) is 2.09. The largest absolute Gasteiger partial charge is 0.392 e. The van der Waals surface area contributed by atoms with Gasteiger partial charge in [-0.15, -0.1) is 11.3 Å². The van der Waals surface area contributed by atoms with Crippen molar-refractivity contribution >= 4 is 28.8 Å². The zero-order valence-corrected chi connectivity index (χ0v) is 14.4. The van der Waals surface area contributed by atoms with Crippen molar-refractivity contribution in [3.05, 3.63) is 40.4 Å². The van der Waals surface area contributed by atoms with Crippen molar-refractivity contribution in [1.82, 2.24) is 9.88 Å². The number of aromatic nitrogens is 1. The number of carbonyl (C=O) groups is 1. The third-order valence-corrected chi connectivity index (χ3v) is 4.27. The van der Waals surface area contributed by atoms with Crippen LogP contribution in [0.4, 0.5) is 0 Å². The van der Waals surface area contributed by atoms with Gasteiger partial charge in [0, 0.05) is 28.6 Å². The lowest BCUT2D eigenvalue weighted by atomic mass is 10.2. The topological polar surface area (TPSA) is 53.4 Å². The van der Waals surface area contributed by atoms with Crippen molar-refractivity contribution in [2.45, 2.75) is 32.9 Å². The molecule has 0 saturated heterocycles. The van der Waals surface area contributed by atoms with Gasteiger partial charge >= 0.3 is 0 Å². The molecule has 4 nitrogen and oxygen atoms in total. The van der Waals surface area contributed by atoms with Gasteiger partial charge in [0.2, 0.25) is 0 Å². The predicted molar refractivity (Wildman–Crippen MR) is 90.4 cm³/mol. The maximum absolute atomic E-state index is 12.6. The number of nitrogens with zero attached hydrogens (tertiary/aromatic N) is 2. The van der Waals surface area contributed by atoms with Crippen LogP contribution in [-0.2, 0) is 0 Å². The van der Waals surface area contributed by atoms with E-state index in [4.69, 9.17) is 11.6 Å². The molecule has 2 rings (SSSR count). The number of hydrogen-bond donors (Lipinski definition) is 1. The van der Waals surface area contributed by atoms with Crippen molar-refractivity contribution in [1.29, 1.82) is 0 Å². The molecular weight excluding hydrogens is 320 g/mol. The van der Waals surface area contributed by atoms with Gasteiger partial charge in [0.25, 0.3) is 5.91 Å². The first-order valence-corrected chi connectivity index (χ1v) is 8.34. The highest BCUT2D eigenvalue weighted by Gasteiger charge is 2.22. The summed E-state index contributed by atoms with van der Waals surface area (Å²) in [5.41, 5.74) is 1.29. The molecule has 0 aliphatic heterocycles. The molecule has 0 aliphatic rings. The number of thiazole rings is 1. The summed E-state index contributed by atoms with van der Waals surface area (Å²) in [5.74, 6) is -0.166. The van der Waals surface area contributed by atoms with E-state index in [1.165, 1.54) is 11.3 Å². The van der Waals surface area contributed by atoms with E-state index in [0.717, 1.165) is 10.6 Å². The molecule has 0 fully saturated rings. The van der Waals surface area contributed by atoms with Crippen LogP contribution in [0.2, 0.25) is 5.02 Å². The van der Waals surface area contributed by atoms with Crippen molar-refractivity contribution in [3.63, 3.8) is 0 Å². The minimum atomic E-state index is -0.572. The number of aliphatic hydroxyl groups excluding tert-OH is 1. The first kappa shape index (κ1) is 16.9. The van der Waals surface area contributed by atoms with Crippen LogP contribution in [-0.4, -0.2) is 39.6 Å². The van der Waals surface area contributed by atoms with E-state index in [1.807, 2.05) is 32.0 Å². The molecular formula is C16H19ClN2O2S. The van der Waals surface area contributed by atoms with Gasteiger partial charge in [-0.05, 0) is 32.9 Å². The molecule has 6 heteroatoms. The summed E-state index contributed by atoms with van der Waals surface area (Å²) in [6.07, 6.45) is -0.572. The van der Waals surface area contributed by atoms with Gasteiger partial charge in [0.05, 0.1) is 6.10 Å². The van der Waals surface area contributed by atoms with Crippen molar-refractivity contribution in [3.8, 4) is 10.6 Å². The number of halogens is 1. The first-order valence-electron chi connectivity index (χ1n) is 7.09. The molecule has 1 unspecified atom stereocenters. The Morgan fingerprint density at radius 3 is 2.73 bits per heavy atom. The van der Waals surface area contributed by atoms with E-state index in [2.05, 4.69) is 4.98 Å². The lowest BCUT2D eigenvalue weighted by molar-refractivity contribution is 0.0574. The van der Waals surface area contributed by atoms with E-state index >= 15 is 0 Å². The summed E-state index contributed by atoms with van der Waals surface area (Å²) < 4.78 is 0. The number of benzene rings is 1. The third-order valence-electron chi connectivity index (χ3n) is 3.14. The normalized spacial score (nSPS) is 12.5. The van der Waals surface area contributed by atoms with E-state index in [0.29, 0.717) is 17.3 Å². The van der Waals surface area contributed by atoms with Gasteiger partial charge in [-0.1, -0.05) is 23.7 Å². The maximum Gasteiger partial charge on any atom is 0.273 e. The molecule has 0 bridgehead atoms. The highest BCUT2D eigenvalue weighted by Crippen LogP contribution is 2.26. The lowest BCUT2D eigenvalue weighted by Gasteiger charge is -2.27. The Morgan fingerprint density at radius 2 is 2.14 bits per heavy atom. The van der Waals surface area contributed by atoms with Crippen LogP contribution in [0.1, 0.15) is 31.3 Å². The van der Waals surface area contributed by atoms with Crippen molar-refractivity contribution in [2.75, 3.05) is 6.54 Å². The van der Waals surface area contributed by atoms with Crippen LogP contribution >= 0.6 is 22.9 Å². The fourth-order valence-corrected chi connectivity index (χ4v) is 3.07. The van der Waals surface area contributed by atoms with Crippen LogP contribution in [0.25, 0.3) is 10.6 Å². The zero-order chi connectivity index (χ0) is 16.3. The molecule has 0 spiro atoms. The lowest BCUT2D eigenvalue weighted by Crippen LogP contribution is -2.41. The molecule has 0 saturated carbocycles. The summed E-state index contributed by atoms with van der Waals surface area (Å²) in [7, 11) is 0. The highest BCUT2D eigenvalue weighted by molar-refractivity contribution is 7.13. The molecule has 1 aromatic carbocycles. The average Bonchev–Trinajstić information content (AvgIpc) is 2.93. The number of hydrogen-bond acceptors (Lipinski definition) is 4. The molecule has 1 amide bonds. The summed E-state index contributed by atoms with van der Waals surface area (Å²) in [6.45, 7) is 5.80. The van der Waals surface area contributed by atoms with E-state index in [1.54, 1.807) is 23.3 Å².